The summed E-state index contributed by atoms with van der Waals surface area (Å²) >= 11 is 1.28. The summed E-state index contributed by atoms with van der Waals surface area (Å²) in [5, 5.41) is 10.5. The van der Waals surface area contributed by atoms with Crippen molar-refractivity contribution >= 4 is 35.1 Å². The highest BCUT2D eigenvalue weighted by Gasteiger charge is 2.21. The van der Waals surface area contributed by atoms with Crippen molar-refractivity contribution in [3.63, 3.8) is 0 Å². The van der Waals surface area contributed by atoms with Crippen LogP contribution in [0.3, 0.4) is 0 Å². The Morgan fingerprint density at radius 3 is 2.19 bits per heavy atom. The lowest BCUT2D eigenvalue weighted by Crippen LogP contribution is -2.20. The van der Waals surface area contributed by atoms with E-state index in [-0.39, 0.29) is 28.7 Å². The molecule has 7 heteroatoms. The smallest absolute Gasteiger partial charge is 0.235 e. The Hall–Kier alpha value is -3.06. The fraction of sp³-hybridized carbons (Fsp3) is 0.320. The molecule has 0 aliphatic carbocycles. The molecule has 6 nitrogen and oxygen atoms in total. The standard InChI is InChI=1S/C25H30N4O2S/c1-18-10-12-20(13-11-18)26-23(30)16-32-17-24(31)27-22-14-21(25(2,3)4)28-29(22)15-19-8-6-5-7-9-19/h5-14H,15-17H2,1-4H3,(H,26,30)(H,27,31). The number of carbonyl (C=O) groups is 2. The van der Waals surface area contributed by atoms with Gasteiger partial charge in [-0.1, -0.05) is 68.8 Å². The molecule has 0 aliphatic heterocycles. The highest BCUT2D eigenvalue weighted by atomic mass is 32.2. The quantitative estimate of drug-likeness (QED) is 0.514. The second kappa shape index (κ2) is 10.5. The van der Waals surface area contributed by atoms with Gasteiger partial charge in [-0.3, -0.25) is 9.59 Å². The SMILES string of the molecule is Cc1ccc(NC(=O)CSCC(=O)Nc2cc(C(C)(C)C)nn2Cc2ccccc2)cc1. The van der Waals surface area contributed by atoms with Gasteiger partial charge >= 0.3 is 0 Å². The van der Waals surface area contributed by atoms with Crippen LogP contribution in [0.15, 0.2) is 60.7 Å². The third-order valence-corrected chi connectivity index (χ3v) is 5.73. The first kappa shape index (κ1) is 23.6. The van der Waals surface area contributed by atoms with E-state index in [4.69, 9.17) is 5.10 Å². The highest BCUT2D eigenvalue weighted by Crippen LogP contribution is 2.25. The van der Waals surface area contributed by atoms with E-state index in [0.717, 1.165) is 22.5 Å². The van der Waals surface area contributed by atoms with Crippen molar-refractivity contribution in [1.82, 2.24) is 9.78 Å². The molecule has 2 aromatic carbocycles. The summed E-state index contributed by atoms with van der Waals surface area (Å²) in [4.78, 5) is 24.7. The number of benzene rings is 2. The first-order chi connectivity index (χ1) is 15.2. The van der Waals surface area contributed by atoms with Crippen LogP contribution in [0.2, 0.25) is 0 Å². The van der Waals surface area contributed by atoms with Crippen molar-refractivity contribution in [1.29, 1.82) is 0 Å². The zero-order valence-corrected chi connectivity index (χ0v) is 19.8. The fourth-order valence-corrected chi connectivity index (χ4v) is 3.63. The molecule has 1 aromatic heterocycles. The van der Waals surface area contributed by atoms with Crippen LogP contribution in [-0.4, -0.2) is 33.1 Å². The van der Waals surface area contributed by atoms with Gasteiger partial charge in [-0.25, -0.2) is 4.68 Å². The van der Waals surface area contributed by atoms with Crippen LogP contribution in [0.1, 0.15) is 37.6 Å². The van der Waals surface area contributed by atoms with Gasteiger partial charge in [0.2, 0.25) is 11.8 Å². The number of nitrogens with zero attached hydrogens (tertiary/aromatic N) is 2. The number of rotatable bonds is 8. The minimum atomic E-state index is -0.159. The van der Waals surface area contributed by atoms with Gasteiger partial charge < -0.3 is 10.6 Å². The number of aromatic nitrogens is 2. The number of carbonyl (C=O) groups excluding carboxylic acids is 2. The molecule has 0 aliphatic rings. The molecule has 168 valence electrons. The number of nitrogens with one attached hydrogen (secondary N) is 2. The van der Waals surface area contributed by atoms with E-state index >= 15 is 0 Å². The molecule has 0 spiro atoms. The van der Waals surface area contributed by atoms with Crippen molar-refractivity contribution in [3.05, 3.63) is 77.5 Å². The van der Waals surface area contributed by atoms with Crippen molar-refractivity contribution in [2.24, 2.45) is 0 Å². The minimum absolute atomic E-state index is 0.129. The summed E-state index contributed by atoms with van der Waals surface area (Å²) < 4.78 is 1.82. The predicted molar refractivity (Wildman–Crippen MR) is 132 cm³/mol. The zero-order valence-electron chi connectivity index (χ0n) is 19.0. The van der Waals surface area contributed by atoms with Crippen LogP contribution in [0.4, 0.5) is 11.5 Å². The van der Waals surface area contributed by atoms with Gasteiger partial charge in [0, 0.05) is 17.2 Å². The molecule has 3 aromatic rings. The normalized spacial score (nSPS) is 11.2. The van der Waals surface area contributed by atoms with Crippen LogP contribution in [0.25, 0.3) is 0 Å². The van der Waals surface area contributed by atoms with E-state index in [1.54, 1.807) is 0 Å². The summed E-state index contributed by atoms with van der Waals surface area (Å²) in [6.45, 7) is 8.85. The molecular formula is C25H30N4O2S. The predicted octanol–water partition coefficient (Wildman–Crippen LogP) is 4.85. The maximum Gasteiger partial charge on any atom is 0.235 e. The molecular weight excluding hydrogens is 420 g/mol. The lowest BCUT2D eigenvalue weighted by molar-refractivity contribution is -0.114. The molecule has 1 heterocycles. The molecule has 0 saturated heterocycles. The monoisotopic (exact) mass is 450 g/mol. The number of aryl methyl sites for hydroxylation is 1. The van der Waals surface area contributed by atoms with Crippen LogP contribution in [0, 0.1) is 6.92 Å². The molecule has 0 atom stereocenters. The molecule has 2 amide bonds. The van der Waals surface area contributed by atoms with Gasteiger partial charge in [0.25, 0.3) is 0 Å². The summed E-state index contributed by atoms with van der Waals surface area (Å²) in [5.74, 6) is 0.762. The van der Waals surface area contributed by atoms with Crippen LogP contribution in [0.5, 0.6) is 0 Å². The van der Waals surface area contributed by atoms with Crippen molar-refractivity contribution in [2.45, 2.75) is 39.7 Å². The van der Waals surface area contributed by atoms with Gasteiger partial charge in [-0.05, 0) is 24.6 Å². The number of thioether (sulfide) groups is 1. The topological polar surface area (TPSA) is 76.0 Å². The first-order valence-electron chi connectivity index (χ1n) is 10.6. The fourth-order valence-electron chi connectivity index (χ4n) is 3.01. The molecule has 3 rings (SSSR count). The van der Waals surface area contributed by atoms with Crippen LogP contribution >= 0.6 is 11.8 Å². The average molecular weight is 451 g/mol. The number of hydrogen-bond acceptors (Lipinski definition) is 4. The second-order valence-corrected chi connectivity index (χ2v) is 9.75. The van der Waals surface area contributed by atoms with Crippen molar-refractivity contribution in [3.8, 4) is 0 Å². The van der Waals surface area contributed by atoms with E-state index in [1.807, 2.05) is 72.3 Å². The lowest BCUT2D eigenvalue weighted by atomic mass is 9.92. The van der Waals surface area contributed by atoms with E-state index in [2.05, 4.69) is 31.4 Å². The third kappa shape index (κ3) is 6.99. The first-order valence-corrected chi connectivity index (χ1v) is 11.7. The molecule has 0 radical (unpaired) electrons. The third-order valence-electron chi connectivity index (χ3n) is 4.79. The molecule has 0 unspecified atom stereocenters. The van der Waals surface area contributed by atoms with E-state index < -0.39 is 0 Å². The maximum atomic E-state index is 12.5. The summed E-state index contributed by atoms with van der Waals surface area (Å²) in [7, 11) is 0. The summed E-state index contributed by atoms with van der Waals surface area (Å²) in [6, 6.07) is 19.6. The zero-order chi connectivity index (χ0) is 23.1. The van der Waals surface area contributed by atoms with Gasteiger partial charge in [0.05, 0.1) is 23.7 Å². The van der Waals surface area contributed by atoms with Crippen LogP contribution in [-0.2, 0) is 21.5 Å². The van der Waals surface area contributed by atoms with Crippen LogP contribution < -0.4 is 10.6 Å². The molecule has 0 saturated carbocycles. The molecule has 0 fully saturated rings. The average Bonchev–Trinajstić information content (AvgIpc) is 3.13. The van der Waals surface area contributed by atoms with Gasteiger partial charge in [0.15, 0.2) is 0 Å². The van der Waals surface area contributed by atoms with E-state index in [9.17, 15) is 9.59 Å². The highest BCUT2D eigenvalue weighted by molar-refractivity contribution is 8.00. The Morgan fingerprint density at radius 2 is 1.56 bits per heavy atom. The van der Waals surface area contributed by atoms with Gasteiger partial charge in [0.1, 0.15) is 5.82 Å². The van der Waals surface area contributed by atoms with Crippen molar-refractivity contribution in [2.75, 3.05) is 22.1 Å². The second-order valence-electron chi connectivity index (χ2n) is 8.76. The lowest BCUT2D eigenvalue weighted by Gasteiger charge is -2.14. The Balaban J connectivity index is 1.56. The van der Waals surface area contributed by atoms with Gasteiger partial charge in [-0.2, -0.15) is 5.10 Å². The number of amides is 2. The Bertz CT molecular complexity index is 1050. The van der Waals surface area contributed by atoms with E-state index in [1.165, 1.54) is 11.8 Å². The largest absolute Gasteiger partial charge is 0.325 e. The summed E-state index contributed by atoms with van der Waals surface area (Å²) in [6.07, 6.45) is 0. The molecule has 32 heavy (non-hydrogen) atoms. The Labute approximate surface area is 193 Å². The maximum absolute atomic E-state index is 12.5. The summed E-state index contributed by atoms with van der Waals surface area (Å²) in [5.41, 5.74) is 3.77. The Kier molecular flexibility index (Phi) is 7.75. The van der Waals surface area contributed by atoms with E-state index in [0.29, 0.717) is 12.4 Å². The van der Waals surface area contributed by atoms with Gasteiger partial charge in [-0.15, -0.1) is 11.8 Å². The minimum Gasteiger partial charge on any atom is -0.325 e. The van der Waals surface area contributed by atoms with Crippen molar-refractivity contribution < 1.29 is 9.59 Å². The molecule has 0 bridgehead atoms. The number of anilines is 2. The Morgan fingerprint density at radius 1 is 0.938 bits per heavy atom. The molecule has 2 N–H and O–H groups in total. The number of hydrogen-bond donors (Lipinski definition) is 2.